The molecule has 0 spiro atoms. The number of rotatable bonds is 3. The highest BCUT2D eigenvalue weighted by Gasteiger charge is 2.33. The number of aliphatic hydroxyl groups is 1. The number of methoxy groups -OCH3 is 1. The van der Waals surface area contributed by atoms with Gasteiger partial charge in [-0.05, 0) is 18.6 Å². The molecule has 0 bridgehead atoms. The fraction of sp³-hybridized carbons (Fsp3) is 0.500. The minimum Gasteiger partial charge on any atom is -0.394 e. The molecular formula is C12H15N3O2. The molecule has 2 atom stereocenters. The predicted molar refractivity (Wildman–Crippen MR) is 62.6 cm³/mol. The summed E-state index contributed by atoms with van der Waals surface area (Å²) in [5.74, 6) is 0.633. The molecule has 90 valence electrons. The third-order valence-electron chi connectivity index (χ3n) is 3.10. The summed E-state index contributed by atoms with van der Waals surface area (Å²) >= 11 is 0. The Labute approximate surface area is 100 Å². The molecule has 2 rings (SSSR count). The quantitative estimate of drug-likeness (QED) is 0.825. The normalized spacial score (nSPS) is 23.7. The van der Waals surface area contributed by atoms with E-state index in [2.05, 4.69) is 11.1 Å². The largest absolute Gasteiger partial charge is 0.394 e. The lowest BCUT2D eigenvalue weighted by molar-refractivity contribution is 0.115. The van der Waals surface area contributed by atoms with Gasteiger partial charge in [-0.2, -0.15) is 5.26 Å². The number of hydrogen-bond donors (Lipinski definition) is 1. The molecule has 0 saturated carbocycles. The molecule has 1 aliphatic rings. The maximum atomic E-state index is 9.37. The van der Waals surface area contributed by atoms with Crippen molar-refractivity contribution in [1.29, 1.82) is 5.26 Å². The Morgan fingerprint density at radius 3 is 3.18 bits per heavy atom. The summed E-state index contributed by atoms with van der Waals surface area (Å²) in [5.41, 5.74) is 0.530. The van der Waals surface area contributed by atoms with Gasteiger partial charge in [0.05, 0.1) is 24.3 Å². The molecule has 2 heterocycles. The van der Waals surface area contributed by atoms with E-state index in [9.17, 15) is 5.11 Å². The van der Waals surface area contributed by atoms with Crippen molar-refractivity contribution in [2.75, 3.05) is 25.2 Å². The highest BCUT2D eigenvalue weighted by molar-refractivity contribution is 5.55. The van der Waals surface area contributed by atoms with E-state index in [1.807, 2.05) is 4.90 Å². The van der Waals surface area contributed by atoms with Gasteiger partial charge in [-0.3, -0.25) is 0 Å². The monoisotopic (exact) mass is 233 g/mol. The lowest BCUT2D eigenvalue weighted by Gasteiger charge is -2.24. The molecule has 0 aromatic carbocycles. The van der Waals surface area contributed by atoms with Crippen molar-refractivity contribution in [3.05, 3.63) is 23.9 Å². The average Bonchev–Trinajstić information content (AvgIpc) is 2.81. The Bertz CT molecular complexity index is 430. The summed E-state index contributed by atoms with van der Waals surface area (Å²) in [6.45, 7) is 0.703. The first kappa shape index (κ1) is 11.8. The fourth-order valence-corrected chi connectivity index (χ4v) is 2.19. The summed E-state index contributed by atoms with van der Waals surface area (Å²) < 4.78 is 5.30. The number of nitrogens with zero attached hydrogens (tertiary/aromatic N) is 3. The minimum absolute atomic E-state index is 0.0260. The molecule has 1 saturated heterocycles. The zero-order valence-corrected chi connectivity index (χ0v) is 9.71. The van der Waals surface area contributed by atoms with Crippen LogP contribution in [0.4, 0.5) is 5.82 Å². The van der Waals surface area contributed by atoms with E-state index >= 15 is 0 Å². The summed E-state index contributed by atoms with van der Waals surface area (Å²) in [6, 6.07) is 5.57. The van der Waals surface area contributed by atoms with Crippen LogP contribution >= 0.6 is 0 Å². The Hall–Kier alpha value is -1.64. The molecule has 5 heteroatoms. The first-order valence-corrected chi connectivity index (χ1v) is 5.55. The van der Waals surface area contributed by atoms with Gasteiger partial charge in [0, 0.05) is 19.9 Å². The number of nitriles is 1. The first-order chi connectivity index (χ1) is 8.30. The van der Waals surface area contributed by atoms with Crippen LogP contribution in [0.1, 0.15) is 12.0 Å². The molecule has 1 aromatic heterocycles. The lowest BCUT2D eigenvalue weighted by atomic mass is 10.2. The lowest BCUT2D eigenvalue weighted by Crippen LogP contribution is -2.33. The number of aromatic nitrogens is 1. The molecular weight excluding hydrogens is 218 g/mol. The maximum absolute atomic E-state index is 9.37. The molecule has 5 nitrogen and oxygen atoms in total. The number of anilines is 1. The molecule has 0 aliphatic carbocycles. The summed E-state index contributed by atoms with van der Waals surface area (Å²) in [6.07, 6.45) is 2.50. The van der Waals surface area contributed by atoms with E-state index < -0.39 is 0 Å². The van der Waals surface area contributed by atoms with Gasteiger partial charge in [0.15, 0.2) is 0 Å². The molecule has 1 aliphatic heterocycles. The molecule has 0 radical (unpaired) electrons. The zero-order chi connectivity index (χ0) is 12.3. The highest BCUT2D eigenvalue weighted by Crippen LogP contribution is 2.27. The first-order valence-electron chi connectivity index (χ1n) is 5.55. The van der Waals surface area contributed by atoms with Crippen molar-refractivity contribution in [2.24, 2.45) is 0 Å². The van der Waals surface area contributed by atoms with E-state index in [0.717, 1.165) is 6.42 Å². The second kappa shape index (κ2) is 5.13. The van der Waals surface area contributed by atoms with Crippen molar-refractivity contribution in [3.63, 3.8) is 0 Å². The Morgan fingerprint density at radius 2 is 2.53 bits per heavy atom. The Morgan fingerprint density at radius 1 is 1.71 bits per heavy atom. The van der Waals surface area contributed by atoms with Crippen LogP contribution in [0.25, 0.3) is 0 Å². The fourth-order valence-electron chi connectivity index (χ4n) is 2.19. The third-order valence-corrected chi connectivity index (χ3v) is 3.10. The summed E-state index contributed by atoms with van der Waals surface area (Å²) in [5, 5.41) is 18.4. The van der Waals surface area contributed by atoms with Crippen LogP contribution in [-0.2, 0) is 4.74 Å². The topological polar surface area (TPSA) is 69.4 Å². The van der Waals surface area contributed by atoms with E-state index in [1.54, 1.807) is 25.4 Å². The molecule has 0 amide bonds. The van der Waals surface area contributed by atoms with Gasteiger partial charge < -0.3 is 14.7 Å². The van der Waals surface area contributed by atoms with E-state index in [4.69, 9.17) is 10.00 Å². The Kier molecular flexibility index (Phi) is 3.57. The molecule has 1 N–H and O–H groups in total. The third kappa shape index (κ3) is 2.23. The molecule has 0 unspecified atom stereocenters. The van der Waals surface area contributed by atoms with Crippen LogP contribution in [0.3, 0.4) is 0 Å². The minimum atomic E-state index is -0.0260. The van der Waals surface area contributed by atoms with Crippen molar-refractivity contribution in [2.45, 2.75) is 18.6 Å². The van der Waals surface area contributed by atoms with Crippen LogP contribution in [0.2, 0.25) is 0 Å². The van der Waals surface area contributed by atoms with Crippen LogP contribution in [0, 0.1) is 11.3 Å². The van der Waals surface area contributed by atoms with Crippen molar-refractivity contribution < 1.29 is 9.84 Å². The van der Waals surface area contributed by atoms with Crippen LogP contribution in [0.15, 0.2) is 18.3 Å². The zero-order valence-electron chi connectivity index (χ0n) is 9.71. The second-order valence-corrected chi connectivity index (χ2v) is 4.07. The van der Waals surface area contributed by atoms with Gasteiger partial charge in [-0.15, -0.1) is 0 Å². The molecule has 1 aromatic rings. The van der Waals surface area contributed by atoms with Crippen molar-refractivity contribution >= 4 is 5.82 Å². The Balaban J connectivity index is 2.29. The van der Waals surface area contributed by atoms with E-state index in [0.29, 0.717) is 17.9 Å². The summed E-state index contributed by atoms with van der Waals surface area (Å²) in [4.78, 5) is 6.19. The number of pyridine rings is 1. The summed E-state index contributed by atoms with van der Waals surface area (Å²) in [7, 11) is 1.66. The van der Waals surface area contributed by atoms with Crippen LogP contribution in [-0.4, -0.2) is 42.5 Å². The van der Waals surface area contributed by atoms with Gasteiger partial charge >= 0.3 is 0 Å². The number of hydrogen-bond acceptors (Lipinski definition) is 5. The standard InChI is InChI=1S/C12H15N3O2/c1-17-11-5-10(8-16)15(7-11)12-9(6-13)3-2-4-14-12/h2-4,10-11,16H,5,7-8H2,1H3/t10-,11-/m0/s1. The molecule has 17 heavy (non-hydrogen) atoms. The van der Waals surface area contributed by atoms with Crippen molar-refractivity contribution in [1.82, 2.24) is 4.98 Å². The second-order valence-electron chi connectivity index (χ2n) is 4.07. The van der Waals surface area contributed by atoms with E-state index in [1.165, 1.54) is 0 Å². The van der Waals surface area contributed by atoms with Crippen molar-refractivity contribution in [3.8, 4) is 6.07 Å². The maximum Gasteiger partial charge on any atom is 0.146 e. The predicted octanol–water partition coefficient (Wildman–Crippen LogP) is 0.539. The van der Waals surface area contributed by atoms with Gasteiger partial charge in [0.25, 0.3) is 0 Å². The van der Waals surface area contributed by atoms with Gasteiger partial charge in [-0.25, -0.2) is 4.98 Å². The smallest absolute Gasteiger partial charge is 0.146 e. The highest BCUT2D eigenvalue weighted by atomic mass is 16.5. The number of aliphatic hydroxyl groups excluding tert-OH is 1. The van der Waals surface area contributed by atoms with Gasteiger partial charge in [0.1, 0.15) is 11.9 Å². The SMILES string of the molecule is CO[C@H]1C[C@@H](CO)N(c2ncccc2C#N)C1. The van der Waals surface area contributed by atoms with Crippen LogP contribution in [0.5, 0.6) is 0 Å². The average molecular weight is 233 g/mol. The van der Waals surface area contributed by atoms with Crippen LogP contribution < -0.4 is 4.90 Å². The molecule has 1 fully saturated rings. The number of ether oxygens (including phenoxy) is 1. The van der Waals surface area contributed by atoms with E-state index in [-0.39, 0.29) is 18.8 Å². The van der Waals surface area contributed by atoms with Gasteiger partial charge in [0.2, 0.25) is 0 Å². The van der Waals surface area contributed by atoms with Gasteiger partial charge in [-0.1, -0.05) is 0 Å².